The van der Waals surface area contributed by atoms with Gasteiger partial charge in [-0.1, -0.05) is 63.2 Å². The molecule has 2 aromatic rings. The number of rotatable bonds is 4. The van der Waals surface area contributed by atoms with Crippen molar-refractivity contribution in [3.63, 3.8) is 0 Å². The maximum absolute atomic E-state index is 12.5. The molecule has 0 bridgehead atoms. The molecule has 0 atom stereocenters. The van der Waals surface area contributed by atoms with Crippen molar-refractivity contribution in [1.82, 2.24) is 0 Å². The number of hydrogen-bond acceptors (Lipinski definition) is 3. The minimum absolute atomic E-state index is 0.0979. The summed E-state index contributed by atoms with van der Waals surface area (Å²) < 4.78 is 4.95. The van der Waals surface area contributed by atoms with E-state index in [0.717, 1.165) is 5.56 Å². The summed E-state index contributed by atoms with van der Waals surface area (Å²) in [6.45, 7) is 7.40. The molecule has 1 aliphatic heterocycles. The fourth-order valence-corrected chi connectivity index (χ4v) is 2.82. The number of anilines is 1. The molecule has 2 aromatic carbocycles. The standard InChI is InChI=1S/C22H23NO3/c1-22(2,3)18-10-7-16(8-11-18)9-12-20(24)17-5-4-6-19(15-17)23-13-14-26-21(23)25/h4-12,15H,13-14H2,1-3H3. The Balaban J connectivity index is 1.73. The fourth-order valence-electron chi connectivity index (χ4n) is 2.82. The first-order chi connectivity index (χ1) is 12.3. The van der Waals surface area contributed by atoms with Gasteiger partial charge >= 0.3 is 6.09 Å². The van der Waals surface area contributed by atoms with E-state index in [2.05, 4.69) is 32.9 Å². The maximum atomic E-state index is 12.5. The summed E-state index contributed by atoms with van der Waals surface area (Å²) in [4.78, 5) is 25.7. The third kappa shape index (κ3) is 4.02. The van der Waals surface area contributed by atoms with Gasteiger partial charge < -0.3 is 4.74 Å². The predicted molar refractivity (Wildman–Crippen MR) is 104 cm³/mol. The minimum Gasteiger partial charge on any atom is -0.447 e. The summed E-state index contributed by atoms with van der Waals surface area (Å²) in [6, 6.07) is 15.3. The lowest BCUT2D eigenvalue weighted by Crippen LogP contribution is -2.23. The van der Waals surface area contributed by atoms with Crippen LogP contribution in [0.25, 0.3) is 6.08 Å². The van der Waals surface area contributed by atoms with Gasteiger partial charge in [0.25, 0.3) is 0 Å². The first kappa shape index (κ1) is 17.9. The van der Waals surface area contributed by atoms with Crippen LogP contribution in [0.2, 0.25) is 0 Å². The summed E-state index contributed by atoms with van der Waals surface area (Å²) >= 11 is 0. The van der Waals surface area contributed by atoms with Crippen molar-refractivity contribution in [2.24, 2.45) is 0 Å². The summed E-state index contributed by atoms with van der Waals surface area (Å²) in [6.07, 6.45) is 3.00. The van der Waals surface area contributed by atoms with E-state index in [1.807, 2.05) is 18.2 Å². The Morgan fingerprint density at radius 1 is 1.12 bits per heavy atom. The van der Waals surface area contributed by atoms with Crippen molar-refractivity contribution in [1.29, 1.82) is 0 Å². The molecule has 0 spiro atoms. The molecule has 0 N–H and O–H groups in total. The van der Waals surface area contributed by atoms with E-state index in [1.165, 1.54) is 10.5 Å². The third-order valence-corrected chi connectivity index (χ3v) is 4.41. The van der Waals surface area contributed by atoms with E-state index >= 15 is 0 Å². The second kappa shape index (κ2) is 7.16. The molecule has 1 fully saturated rings. The minimum atomic E-state index is -0.371. The molecule has 0 radical (unpaired) electrons. The van der Waals surface area contributed by atoms with Crippen LogP contribution in [0, 0.1) is 0 Å². The molecule has 1 heterocycles. The van der Waals surface area contributed by atoms with Crippen LogP contribution < -0.4 is 4.90 Å². The zero-order valence-electron chi connectivity index (χ0n) is 15.4. The van der Waals surface area contributed by atoms with Gasteiger partial charge in [-0.05, 0) is 34.8 Å². The van der Waals surface area contributed by atoms with Crippen molar-refractivity contribution in [3.05, 3.63) is 71.3 Å². The third-order valence-electron chi connectivity index (χ3n) is 4.41. The highest BCUT2D eigenvalue weighted by molar-refractivity contribution is 6.07. The number of allylic oxidation sites excluding steroid dienone is 1. The molecule has 4 nitrogen and oxygen atoms in total. The van der Waals surface area contributed by atoms with Gasteiger partial charge in [0.2, 0.25) is 0 Å². The predicted octanol–water partition coefficient (Wildman–Crippen LogP) is 4.84. The zero-order valence-corrected chi connectivity index (χ0v) is 15.4. The van der Waals surface area contributed by atoms with Gasteiger partial charge in [-0.3, -0.25) is 9.69 Å². The summed E-state index contributed by atoms with van der Waals surface area (Å²) in [5.41, 5.74) is 3.57. The monoisotopic (exact) mass is 349 g/mol. The summed E-state index contributed by atoms with van der Waals surface area (Å²) in [7, 11) is 0. The number of amides is 1. The Morgan fingerprint density at radius 3 is 2.46 bits per heavy atom. The summed E-state index contributed by atoms with van der Waals surface area (Å²) in [5.74, 6) is -0.0979. The molecular weight excluding hydrogens is 326 g/mol. The van der Waals surface area contributed by atoms with Crippen LogP contribution >= 0.6 is 0 Å². The number of cyclic esters (lactones) is 1. The number of nitrogens with zero attached hydrogens (tertiary/aromatic N) is 1. The van der Waals surface area contributed by atoms with Gasteiger partial charge in [-0.2, -0.15) is 0 Å². The number of carbonyl (C=O) groups is 2. The van der Waals surface area contributed by atoms with Gasteiger partial charge in [0.05, 0.1) is 6.54 Å². The van der Waals surface area contributed by atoms with Crippen LogP contribution in [-0.2, 0) is 10.2 Å². The molecule has 1 aliphatic rings. The molecule has 0 aromatic heterocycles. The molecule has 0 unspecified atom stereocenters. The lowest BCUT2D eigenvalue weighted by Gasteiger charge is -2.18. The fraction of sp³-hybridized carbons (Fsp3) is 0.273. The smallest absolute Gasteiger partial charge is 0.414 e. The molecule has 26 heavy (non-hydrogen) atoms. The number of benzene rings is 2. The van der Waals surface area contributed by atoms with E-state index in [4.69, 9.17) is 4.74 Å². The molecule has 134 valence electrons. The van der Waals surface area contributed by atoms with Crippen LogP contribution in [0.4, 0.5) is 10.5 Å². The maximum Gasteiger partial charge on any atom is 0.414 e. The molecule has 0 saturated carbocycles. The van der Waals surface area contributed by atoms with Crippen LogP contribution in [0.3, 0.4) is 0 Å². The average molecular weight is 349 g/mol. The van der Waals surface area contributed by atoms with E-state index in [9.17, 15) is 9.59 Å². The first-order valence-corrected chi connectivity index (χ1v) is 8.72. The molecular formula is C22H23NO3. The van der Waals surface area contributed by atoms with E-state index < -0.39 is 0 Å². The molecule has 1 saturated heterocycles. The number of ketones is 1. The SMILES string of the molecule is CC(C)(C)c1ccc(C=CC(=O)c2cccc(N3CCOC3=O)c2)cc1. The van der Waals surface area contributed by atoms with Gasteiger partial charge in [0.15, 0.2) is 5.78 Å². The average Bonchev–Trinajstić information content (AvgIpc) is 3.05. The first-order valence-electron chi connectivity index (χ1n) is 8.72. The topological polar surface area (TPSA) is 46.6 Å². The van der Waals surface area contributed by atoms with E-state index in [1.54, 1.807) is 30.3 Å². The Bertz CT molecular complexity index is 844. The normalized spacial score (nSPS) is 14.7. The second-order valence-electron chi connectivity index (χ2n) is 7.39. The van der Waals surface area contributed by atoms with Gasteiger partial charge in [-0.25, -0.2) is 4.79 Å². The Hall–Kier alpha value is -2.88. The Labute approximate surface area is 154 Å². The van der Waals surface area contributed by atoms with Crippen LogP contribution in [0.15, 0.2) is 54.6 Å². The molecule has 1 amide bonds. The number of carbonyl (C=O) groups excluding carboxylic acids is 2. The van der Waals surface area contributed by atoms with Crippen LogP contribution in [0.5, 0.6) is 0 Å². The molecule has 4 heteroatoms. The highest BCUT2D eigenvalue weighted by Crippen LogP contribution is 2.23. The van der Waals surface area contributed by atoms with Crippen molar-refractivity contribution < 1.29 is 14.3 Å². The quantitative estimate of drug-likeness (QED) is 0.586. The van der Waals surface area contributed by atoms with E-state index in [0.29, 0.717) is 24.4 Å². The lowest BCUT2D eigenvalue weighted by molar-refractivity contribution is 0.104. The van der Waals surface area contributed by atoms with Crippen LogP contribution in [-0.4, -0.2) is 25.0 Å². The Kier molecular flexibility index (Phi) is 4.94. The molecule has 0 aliphatic carbocycles. The second-order valence-corrected chi connectivity index (χ2v) is 7.39. The Morgan fingerprint density at radius 2 is 1.85 bits per heavy atom. The van der Waals surface area contributed by atoms with Crippen molar-refractivity contribution in [3.8, 4) is 0 Å². The van der Waals surface area contributed by atoms with E-state index in [-0.39, 0.29) is 17.3 Å². The molecule has 3 rings (SSSR count). The highest BCUT2D eigenvalue weighted by Gasteiger charge is 2.23. The zero-order chi connectivity index (χ0) is 18.7. The van der Waals surface area contributed by atoms with Crippen molar-refractivity contribution in [2.45, 2.75) is 26.2 Å². The van der Waals surface area contributed by atoms with Gasteiger partial charge in [0, 0.05) is 11.3 Å². The highest BCUT2D eigenvalue weighted by atomic mass is 16.6. The van der Waals surface area contributed by atoms with Crippen LogP contribution in [0.1, 0.15) is 42.3 Å². The van der Waals surface area contributed by atoms with Crippen molar-refractivity contribution >= 4 is 23.6 Å². The largest absolute Gasteiger partial charge is 0.447 e. The van der Waals surface area contributed by atoms with Gasteiger partial charge in [0.1, 0.15) is 6.61 Å². The number of ether oxygens (including phenoxy) is 1. The van der Waals surface area contributed by atoms with Crippen molar-refractivity contribution in [2.75, 3.05) is 18.1 Å². The number of hydrogen-bond donors (Lipinski definition) is 0. The lowest BCUT2D eigenvalue weighted by atomic mass is 9.87. The summed E-state index contributed by atoms with van der Waals surface area (Å²) in [5, 5.41) is 0. The van der Waals surface area contributed by atoms with Gasteiger partial charge in [-0.15, -0.1) is 0 Å².